The molecule has 2 nitrogen and oxygen atoms in total. The molecule has 0 aliphatic heterocycles. The van der Waals surface area contributed by atoms with Crippen LogP contribution < -0.4 is 10.5 Å². The first-order valence-electron chi connectivity index (χ1n) is 7.10. The van der Waals surface area contributed by atoms with Crippen LogP contribution in [0.3, 0.4) is 0 Å². The Bertz CT molecular complexity index is 464. The van der Waals surface area contributed by atoms with Crippen molar-refractivity contribution in [3.05, 3.63) is 27.8 Å². The van der Waals surface area contributed by atoms with Crippen LogP contribution in [0.25, 0.3) is 0 Å². The zero-order valence-corrected chi connectivity index (χ0v) is 12.9. The average molecular weight is 282 g/mol. The van der Waals surface area contributed by atoms with Gasteiger partial charge in [-0.15, -0.1) is 0 Å². The predicted octanol–water partition coefficient (Wildman–Crippen LogP) is 4.13. The summed E-state index contributed by atoms with van der Waals surface area (Å²) in [5.41, 5.74) is 9.64. The van der Waals surface area contributed by atoms with E-state index in [0.717, 1.165) is 34.7 Å². The monoisotopic (exact) mass is 281 g/mol. The molecule has 3 heteroatoms. The summed E-state index contributed by atoms with van der Waals surface area (Å²) < 4.78 is 5.65. The van der Waals surface area contributed by atoms with Crippen LogP contribution in [0.2, 0.25) is 5.02 Å². The lowest BCUT2D eigenvalue weighted by Gasteiger charge is -2.38. The van der Waals surface area contributed by atoms with Gasteiger partial charge in [-0.3, -0.25) is 0 Å². The molecule has 0 amide bonds. The molecule has 1 aliphatic rings. The summed E-state index contributed by atoms with van der Waals surface area (Å²) in [6.07, 6.45) is 6.12. The minimum Gasteiger partial charge on any atom is -0.496 e. The van der Waals surface area contributed by atoms with Crippen molar-refractivity contribution in [3.63, 3.8) is 0 Å². The fraction of sp³-hybridized carbons (Fsp3) is 0.625. The predicted molar refractivity (Wildman–Crippen MR) is 81.3 cm³/mol. The molecule has 1 fully saturated rings. The second-order valence-corrected chi connectivity index (χ2v) is 6.14. The molecule has 0 aromatic heterocycles. The number of hydrogen-bond acceptors (Lipinski definition) is 2. The highest BCUT2D eigenvalue weighted by Crippen LogP contribution is 2.45. The van der Waals surface area contributed by atoms with E-state index in [1.54, 1.807) is 7.11 Å². The van der Waals surface area contributed by atoms with E-state index in [1.807, 2.05) is 6.92 Å². The quantitative estimate of drug-likeness (QED) is 0.904. The lowest BCUT2D eigenvalue weighted by molar-refractivity contribution is 0.287. The first kappa shape index (κ1) is 14.7. The molecular formula is C16H24ClNO. The number of nitrogens with two attached hydrogens (primary N) is 1. The van der Waals surface area contributed by atoms with E-state index in [2.05, 4.69) is 13.0 Å². The van der Waals surface area contributed by atoms with Gasteiger partial charge in [-0.25, -0.2) is 0 Å². The van der Waals surface area contributed by atoms with Crippen molar-refractivity contribution in [3.8, 4) is 5.75 Å². The highest BCUT2D eigenvalue weighted by atomic mass is 35.5. The molecule has 106 valence electrons. The van der Waals surface area contributed by atoms with E-state index in [-0.39, 0.29) is 5.41 Å². The molecule has 0 bridgehead atoms. The van der Waals surface area contributed by atoms with Crippen molar-refractivity contribution in [2.75, 3.05) is 13.7 Å². The van der Waals surface area contributed by atoms with Gasteiger partial charge in [0, 0.05) is 23.1 Å². The highest BCUT2D eigenvalue weighted by molar-refractivity contribution is 6.32. The molecule has 1 aromatic carbocycles. The van der Waals surface area contributed by atoms with E-state index in [1.165, 1.54) is 24.8 Å². The number of ether oxygens (including phenoxy) is 1. The van der Waals surface area contributed by atoms with E-state index in [9.17, 15) is 0 Å². The molecule has 0 radical (unpaired) electrons. The van der Waals surface area contributed by atoms with E-state index < -0.39 is 0 Å². The molecule has 0 unspecified atom stereocenters. The maximum absolute atomic E-state index is 6.35. The maximum atomic E-state index is 6.35. The van der Waals surface area contributed by atoms with Crippen LogP contribution >= 0.6 is 11.6 Å². The zero-order valence-electron chi connectivity index (χ0n) is 12.2. The second-order valence-electron chi connectivity index (χ2n) is 5.76. The van der Waals surface area contributed by atoms with Crippen LogP contribution in [0.1, 0.15) is 48.8 Å². The molecule has 2 rings (SSSR count). The first-order chi connectivity index (χ1) is 9.05. The van der Waals surface area contributed by atoms with Gasteiger partial charge >= 0.3 is 0 Å². The Morgan fingerprint density at radius 3 is 2.42 bits per heavy atom. The lowest BCUT2D eigenvalue weighted by atomic mass is 9.68. The van der Waals surface area contributed by atoms with Crippen LogP contribution in [0.15, 0.2) is 6.07 Å². The molecular weight excluding hydrogens is 258 g/mol. The van der Waals surface area contributed by atoms with Gasteiger partial charge in [0.05, 0.1) is 12.1 Å². The number of hydrogen-bond donors (Lipinski definition) is 1. The molecule has 19 heavy (non-hydrogen) atoms. The van der Waals surface area contributed by atoms with E-state index in [4.69, 9.17) is 22.1 Å². The van der Waals surface area contributed by atoms with Crippen LogP contribution in [0.5, 0.6) is 5.75 Å². The molecule has 1 aliphatic carbocycles. The third-order valence-electron chi connectivity index (χ3n) is 4.60. The third-order valence-corrected chi connectivity index (χ3v) is 5.18. The van der Waals surface area contributed by atoms with Crippen molar-refractivity contribution in [1.29, 1.82) is 0 Å². The molecule has 0 saturated heterocycles. The van der Waals surface area contributed by atoms with Gasteiger partial charge in [0.15, 0.2) is 0 Å². The maximum Gasteiger partial charge on any atom is 0.127 e. The summed E-state index contributed by atoms with van der Waals surface area (Å²) in [6, 6.07) is 2.19. The standard InChI is InChI=1S/C16H24ClNO/c1-11-9-13(15(19-3)12(2)14(11)17)16(10-18)7-5-4-6-8-16/h9H,4-8,10,18H2,1-3H3. The molecule has 0 heterocycles. The Hall–Kier alpha value is -0.730. The lowest BCUT2D eigenvalue weighted by Crippen LogP contribution is -2.37. The normalized spacial score (nSPS) is 18.4. The summed E-state index contributed by atoms with van der Waals surface area (Å²) in [5, 5.41) is 0.809. The zero-order chi connectivity index (χ0) is 14.0. The van der Waals surface area contributed by atoms with Crippen molar-refractivity contribution in [1.82, 2.24) is 0 Å². The highest BCUT2D eigenvalue weighted by Gasteiger charge is 2.36. The Balaban J connectivity index is 2.59. The number of rotatable bonds is 3. The Morgan fingerprint density at radius 2 is 1.89 bits per heavy atom. The number of aryl methyl sites for hydroxylation is 1. The summed E-state index contributed by atoms with van der Waals surface area (Å²) in [7, 11) is 1.73. The van der Waals surface area contributed by atoms with Gasteiger partial charge in [-0.05, 0) is 32.3 Å². The van der Waals surface area contributed by atoms with Gasteiger partial charge in [0.1, 0.15) is 5.75 Å². The largest absolute Gasteiger partial charge is 0.496 e. The van der Waals surface area contributed by atoms with Crippen molar-refractivity contribution in [2.24, 2.45) is 5.73 Å². The first-order valence-corrected chi connectivity index (χ1v) is 7.48. The fourth-order valence-corrected chi connectivity index (χ4v) is 3.55. The summed E-state index contributed by atoms with van der Waals surface area (Å²) in [5.74, 6) is 0.933. The Labute approximate surface area is 121 Å². The SMILES string of the molecule is COc1c(C2(CN)CCCCC2)cc(C)c(Cl)c1C. The number of methoxy groups -OCH3 is 1. The number of halogens is 1. The van der Waals surface area contributed by atoms with E-state index in [0.29, 0.717) is 6.54 Å². The van der Waals surface area contributed by atoms with Crippen molar-refractivity contribution in [2.45, 2.75) is 51.4 Å². The van der Waals surface area contributed by atoms with Crippen molar-refractivity contribution >= 4 is 11.6 Å². The minimum atomic E-state index is 0.0731. The summed E-state index contributed by atoms with van der Waals surface area (Å²) >= 11 is 6.35. The third kappa shape index (κ3) is 2.48. The van der Waals surface area contributed by atoms with Crippen LogP contribution in [-0.4, -0.2) is 13.7 Å². The van der Waals surface area contributed by atoms with Crippen molar-refractivity contribution < 1.29 is 4.74 Å². The smallest absolute Gasteiger partial charge is 0.127 e. The number of benzene rings is 1. The molecule has 0 spiro atoms. The van der Waals surface area contributed by atoms with E-state index >= 15 is 0 Å². The molecule has 0 atom stereocenters. The van der Waals surface area contributed by atoms with Gasteiger partial charge < -0.3 is 10.5 Å². The molecule has 1 saturated carbocycles. The minimum absolute atomic E-state index is 0.0731. The Kier molecular flexibility index (Phi) is 4.42. The molecule has 1 aromatic rings. The van der Waals surface area contributed by atoms with Crippen LogP contribution in [0.4, 0.5) is 0 Å². The molecule has 2 N–H and O–H groups in total. The summed E-state index contributed by atoms with van der Waals surface area (Å²) in [6.45, 7) is 4.78. The van der Waals surface area contributed by atoms with Gasteiger partial charge in [-0.1, -0.05) is 36.9 Å². The van der Waals surface area contributed by atoms with Crippen LogP contribution in [-0.2, 0) is 5.41 Å². The average Bonchev–Trinajstić information content (AvgIpc) is 2.45. The van der Waals surface area contributed by atoms with Gasteiger partial charge in [0.2, 0.25) is 0 Å². The van der Waals surface area contributed by atoms with Gasteiger partial charge in [-0.2, -0.15) is 0 Å². The second kappa shape index (κ2) is 5.72. The topological polar surface area (TPSA) is 35.2 Å². The van der Waals surface area contributed by atoms with Gasteiger partial charge in [0.25, 0.3) is 0 Å². The van der Waals surface area contributed by atoms with Crippen LogP contribution in [0, 0.1) is 13.8 Å². The fourth-order valence-electron chi connectivity index (χ4n) is 3.41. The summed E-state index contributed by atoms with van der Waals surface area (Å²) in [4.78, 5) is 0. The Morgan fingerprint density at radius 1 is 1.26 bits per heavy atom.